The normalized spacial score (nSPS) is 18.8. The summed E-state index contributed by atoms with van der Waals surface area (Å²) in [6, 6.07) is 0. The van der Waals surface area contributed by atoms with Crippen molar-refractivity contribution in [1.82, 2.24) is 0 Å². The van der Waals surface area contributed by atoms with Crippen LogP contribution >= 0.6 is 11.3 Å². The van der Waals surface area contributed by atoms with Crippen LogP contribution in [0.1, 0.15) is 45.9 Å². The third-order valence-corrected chi connectivity index (χ3v) is 5.87. The molecule has 6 heteroatoms. The van der Waals surface area contributed by atoms with Gasteiger partial charge >= 0.3 is 5.97 Å². The molecule has 0 saturated heterocycles. The van der Waals surface area contributed by atoms with Crippen LogP contribution in [-0.4, -0.2) is 29.3 Å². The number of carbonyl (C=O) groups is 2. The Hall–Kier alpha value is -1.01. The average Bonchev–Trinajstić information content (AvgIpc) is 2.66. The molecule has 4 nitrogen and oxygen atoms in total. The van der Waals surface area contributed by atoms with Gasteiger partial charge in [0.2, 0.25) is 0 Å². The van der Waals surface area contributed by atoms with Crippen molar-refractivity contribution in [3.63, 3.8) is 0 Å². The number of fused-ring (bicyclic) bond motifs is 1. The highest BCUT2D eigenvalue weighted by Crippen LogP contribution is 2.42. The van der Waals surface area contributed by atoms with Gasteiger partial charge in [0, 0.05) is 18.2 Å². The zero-order valence-corrected chi connectivity index (χ0v) is 13.0. The highest BCUT2D eigenvalue weighted by Gasteiger charge is 2.38. The van der Waals surface area contributed by atoms with Crippen molar-refractivity contribution in [2.45, 2.75) is 30.9 Å². The van der Waals surface area contributed by atoms with Gasteiger partial charge in [-0.1, -0.05) is 13.8 Å². The van der Waals surface area contributed by atoms with E-state index in [1.807, 2.05) is 13.8 Å². The molecule has 0 fully saturated rings. The Labute approximate surface area is 118 Å². The standard InChI is InChI=1S/C13H16O4S2/c1-13(2)5-7-9(8(14)6-13)12(19(4)16)18-10(7)11(15)17-3/h5-6H2,1-4H3/t19-/m0/s1. The molecule has 0 amide bonds. The zero-order chi connectivity index (χ0) is 14.4. The van der Waals surface area contributed by atoms with Crippen molar-refractivity contribution < 1.29 is 18.5 Å². The lowest BCUT2D eigenvalue weighted by Gasteiger charge is -2.29. The second kappa shape index (κ2) is 4.83. The number of hydrogen-bond acceptors (Lipinski definition) is 5. The average molecular weight is 300 g/mol. The molecular weight excluding hydrogens is 284 g/mol. The summed E-state index contributed by atoms with van der Waals surface area (Å²) in [7, 11) is 0.0407. The highest BCUT2D eigenvalue weighted by atomic mass is 32.2. The number of thiophene rings is 1. The fraction of sp³-hybridized carbons (Fsp3) is 0.538. The molecule has 0 saturated carbocycles. The SMILES string of the molecule is COC(=O)c1sc([S@](C)=O)c2c1CC(C)(C)CC2=O. The van der Waals surface area contributed by atoms with Gasteiger partial charge < -0.3 is 4.74 Å². The van der Waals surface area contributed by atoms with E-state index in [0.29, 0.717) is 33.1 Å². The third kappa shape index (κ3) is 2.51. The molecule has 1 aliphatic carbocycles. The second-order valence-corrected chi connectivity index (χ2v) is 8.05. The van der Waals surface area contributed by atoms with E-state index in [9.17, 15) is 13.8 Å². The lowest BCUT2D eigenvalue weighted by atomic mass is 9.74. The van der Waals surface area contributed by atoms with Gasteiger partial charge in [-0.05, 0) is 17.4 Å². The Kier molecular flexibility index (Phi) is 3.66. The number of carbonyl (C=O) groups excluding carboxylic acids is 2. The van der Waals surface area contributed by atoms with E-state index in [1.54, 1.807) is 0 Å². The molecule has 0 bridgehead atoms. The summed E-state index contributed by atoms with van der Waals surface area (Å²) in [4.78, 5) is 24.5. The Balaban J connectivity index is 2.68. The molecule has 1 atom stereocenters. The Morgan fingerprint density at radius 1 is 1.37 bits per heavy atom. The summed E-state index contributed by atoms with van der Waals surface area (Å²) in [6.07, 6.45) is 2.58. The lowest BCUT2D eigenvalue weighted by Crippen LogP contribution is -2.27. The number of hydrogen-bond donors (Lipinski definition) is 0. The van der Waals surface area contributed by atoms with E-state index in [4.69, 9.17) is 4.74 Å². The first-order valence-electron chi connectivity index (χ1n) is 5.87. The minimum absolute atomic E-state index is 0.0251. The van der Waals surface area contributed by atoms with E-state index in [0.717, 1.165) is 11.3 Å². The van der Waals surface area contributed by atoms with Crippen LogP contribution in [0.2, 0.25) is 0 Å². The molecule has 19 heavy (non-hydrogen) atoms. The van der Waals surface area contributed by atoms with Crippen molar-refractivity contribution in [1.29, 1.82) is 0 Å². The molecular formula is C13H16O4S2. The maximum Gasteiger partial charge on any atom is 0.348 e. The van der Waals surface area contributed by atoms with E-state index in [2.05, 4.69) is 0 Å². The number of ketones is 1. The van der Waals surface area contributed by atoms with Gasteiger partial charge in [-0.3, -0.25) is 9.00 Å². The summed E-state index contributed by atoms with van der Waals surface area (Å²) in [5.74, 6) is -0.480. The molecule has 1 aromatic rings. The quantitative estimate of drug-likeness (QED) is 0.787. The maximum absolute atomic E-state index is 12.3. The molecule has 2 rings (SSSR count). The van der Waals surface area contributed by atoms with Crippen LogP contribution in [0.3, 0.4) is 0 Å². The fourth-order valence-electron chi connectivity index (χ4n) is 2.42. The van der Waals surface area contributed by atoms with Crippen molar-refractivity contribution in [2.75, 3.05) is 13.4 Å². The molecule has 0 spiro atoms. The summed E-state index contributed by atoms with van der Waals surface area (Å²) >= 11 is 1.13. The first kappa shape index (κ1) is 14.4. The second-order valence-electron chi connectivity index (χ2n) is 5.46. The molecule has 0 N–H and O–H groups in total. The van der Waals surface area contributed by atoms with E-state index in [1.165, 1.54) is 13.4 Å². The van der Waals surface area contributed by atoms with Gasteiger partial charge in [-0.2, -0.15) is 0 Å². The number of ether oxygens (including phenoxy) is 1. The van der Waals surface area contributed by atoms with E-state index in [-0.39, 0.29) is 11.2 Å². The Morgan fingerprint density at radius 3 is 2.53 bits per heavy atom. The van der Waals surface area contributed by atoms with Gasteiger partial charge in [0.05, 0.1) is 17.9 Å². The third-order valence-electron chi connectivity index (χ3n) is 3.18. The highest BCUT2D eigenvalue weighted by molar-refractivity contribution is 7.86. The van der Waals surface area contributed by atoms with Crippen LogP contribution in [0, 0.1) is 5.41 Å². The predicted molar refractivity (Wildman–Crippen MR) is 74.4 cm³/mol. The fourth-order valence-corrected chi connectivity index (χ4v) is 4.65. The summed E-state index contributed by atoms with van der Waals surface area (Å²) < 4.78 is 17.0. The topological polar surface area (TPSA) is 60.4 Å². The van der Waals surface area contributed by atoms with Crippen LogP contribution in [-0.2, 0) is 22.0 Å². The summed E-state index contributed by atoms with van der Waals surface area (Å²) in [5, 5.41) is 0. The first-order chi connectivity index (χ1) is 8.76. The Morgan fingerprint density at radius 2 is 2.00 bits per heavy atom. The van der Waals surface area contributed by atoms with Gasteiger partial charge in [0.1, 0.15) is 9.09 Å². The van der Waals surface area contributed by atoms with Crippen molar-refractivity contribution in [3.05, 3.63) is 16.0 Å². The molecule has 104 valence electrons. The smallest absolute Gasteiger partial charge is 0.348 e. The van der Waals surface area contributed by atoms with Gasteiger partial charge in [0.25, 0.3) is 0 Å². The zero-order valence-electron chi connectivity index (χ0n) is 11.4. The maximum atomic E-state index is 12.3. The predicted octanol–water partition coefficient (Wildman–Crippen LogP) is 2.43. The van der Waals surface area contributed by atoms with Crippen LogP contribution in [0.5, 0.6) is 0 Å². The monoisotopic (exact) mass is 300 g/mol. The van der Waals surface area contributed by atoms with Gasteiger partial charge in [-0.15, -0.1) is 11.3 Å². The van der Waals surface area contributed by atoms with Crippen LogP contribution in [0.15, 0.2) is 4.21 Å². The van der Waals surface area contributed by atoms with Crippen molar-refractivity contribution in [3.8, 4) is 0 Å². The number of esters is 1. The Bertz CT molecular complexity index is 584. The molecule has 0 unspecified atom stereocenters. The van der Waals surface area contributed by atoms with Crippen LogP contribution in [0.4, 0.5) is 0 Å². The van der Waals surface area contributed by atoms with Gasteiger partial charge in [-0.25, -0.2) is 4.79 Å². The minimum atomic E-state index is -1.27. The van der Waals surface area contributed by atoms with Gasteiger partial charge in [0.15, 0.2) is 5.78 Å². The van der Waals surface area contributed by atoms with Crippen molar-refractivity contribution in [2.24, 2.45) is 5.41 Å². The van der Waals surface area contributed by atoms with Crippen LogP contribution < -0.4 is 0 Å². The molecule has 0 aliphatic heterocycles. The molecule has 1 aliphatic rings. The number of methoxy groups -OCH3 is 1. The number of rotatable bonds is 2. The summed E-state index contributed by atoms with van der Waals surface area (Å²) in [6.45, 7) is 3.99. The first-order valence-corrected chi connectivity index (χ1v) is 8.25. The van der Waals surface area contributed by atoms with Crippen LogP contribution in [0.25, 0.3) is 0 Å². The number of Topliss-reactive ketones (excluding diaryl/α,β-unsaturated/α-hetero) is 1. The molecule has 0 radical (unpaired) electrons. The molecule has 0 aromatic carbocycles. The summed E-state index contributed by atoms with van der Waals surface area (Å²) in [5.41, 5.74) is 1.02. The molecule has 1 heterocycles. The minimum Gasteiger partial charge on any atom is -0.465 e. The van der Waals surface area contributed by atoms with E-state index >= 15 is 0 Å². The van der Waals surface area contributed by atoms with Crippen molar-refractivity contribution >= 4 is 33.9 Å². The largest absolute Gasteiger partial charge is 0.465 e. The van der Waals surface area contributed by atoms with E-state index < -0.39 is 16.8 Å². The lowest BCUT2D eigenvalue weighted by molar-refractivity contribution is 0.0604. The molecule has 1 aromatic heterocycles.